The molecule has 1 saturated heterocycles. The lowest BCUT2D eigenvalue weighted by atomic mass is 10.1. The third-order valence-electron chi connectivity index (χ3n) is 4.93. The van der Waals surface area contributed by atoms with E-state index in [0.29, 0.717) is 11.1 Å². The molecule has 0 spiro atoms. The van der Waals surface area contributed by atoms with E-state index in [-0.39, 0.29) is 36.3 Å². The summed E-state index contributed by atoms with van der Waals surface area (Å²) in [5, 5.41) is 12.3. The van der Waals surface area contributed by atoms with E-state index in [1.54, 1.807) is 13.2 Å². The van der Waals surface area contributed by atoms with Crippen LogP contribution in [-0.2, 0) is 6.54 Å². The van der Waals surface area contributed by atoms with Crippen molar-refractivity contribution in [3.63, 3.8) is 0 Å². The Balaban J connectivity index is 0.00000320. The molecule has 8 heteroatoms. The lowest BCUT2D eigenvalue weighted by molar-refractivity contribution is 0.372. The number of nitriles is 1. The number of piperazine rings is 1. The van der Waals surface area contributed by atoms with Gasteiger partial charge in [-0.3, -0.25) is 0 Å². The molecular formula is C22H27FIN5O. The third-order valence-corrected chi connectivity index (χ3v) is 4.93. The number of nitrogens with one attached hydrogen (secondary N) is 1. The Hall–Kier alpha value is -2.54. The maximum absolute atomic E-state index is 14.0. The minimum Gasteiger partial charge on any atom is -0.497 e. The smallest absolute Gasteiger partial charge is 0.194 e. The Morgan fingerprint density at radius 2 is 1.87 bits per heavy atom. The first kappa shape index (κ1) is 23.7. The van der Waals surface area contributed by atoms with Gasteiger partial charge in [0.05, 0.1) is 25.3 Å². The molecule has 30 heavy (non-hydrogen) atoms. The fraction of sp³-hybridized carbons (Fsp3) is 0.364. The van der Waals surface area contributed by atoms with Crippen molar-refractivity contribution in [2.24, 2.45) is 4.99 Å². The van der Waals surface area contributed by atoms with Gasteiger partial charge in [0.2, 0.25) is 0 Å². The van der Waals surface area contributed by atoms with Gasteiger partial charge in [-0.1, -0.05) is 0 Å². The van der Waals surface area contributed by atoms with E-state index in [2.05, 4.69) is 32.2 Å². The highest BCUT2D eigenvalue weighted by molar-refractivity contribution is 14.0. The Morgan fingerprint density at radius 1 is 1.17 bits per heavy atom. The van der Waals surface area contributed by atoms with Crippen molar-refractivity contribution in [1.29, 1.82) is 5.26 Å². The number of methoxy groups -OCH3 is 1. The summed E-state index contributed by atoms with van der Waals surface area (Å²) in [6, 6.07) is 14.5. The van der Waals surface area contributed by atoms with E-state index in [0.717, 1.165) is 44.4 Å². The predicted molar refractivity (Wildman–Crippen MR) is 128 cm³/mol. The second-order valence-corrected chi connectivity index (χ2v) is 6.76. The molecule has 0 aromatic heterocycles. The molecule has 1 heterocycles. The highest BCUT2D eigenvalue weighted by Gasteiger charge is 2.20. The summed E-state index contributed by atoms with van der Waals surface area (Å²) in [6.07, 6.45) is 0. The van der Waals surface area contributed by atoms with Gasteiger partial charge < -0.3 is 19.9 Å². The van der Waals surface area contributed by atoms with E-state index < -0.39 is 0 Å². The van der Waals surface area contributed by atoms with Crippen LogP contribution < -0.4 is 15.0 Å². The zero-order valence-corrected chi connectivity index (χ0v) is 19.6. The van der Waals surface area contributed by atoms with Crippen LogP contribution in [0.3, 0.4) is 0 Å². The van der Waals surface area contributed by atoms with Crippen molar-refractivity contribution >= 4 is 35.6 Å². The minimum atomic E-state index is -0.340. The van der Waals surface area contributed by atoms with Crippen LogP contribution in [-0.4, -0.2) is 50.7 Å². The topological polar surface area (TPSA) is 63.9 Å². The average molecular weight is 523 g/mol. The second kappa shape index (κ2) is 11.6. The third kappa shape index (κ3) is 5.98. The number of ether oxygens (including phenoxy) is 1. The molecule has 1 aliphatic heterocycles. The number of nitrogens with zero attached hydrogens (tertiary/aromatic N) is 4. The highest BCUT2D eigenvalue weighted by atomic mass is 127. The Bertz CT molecular complexity index is 889. The molecule has 3 rings (SSSR count). The van der Waals surface area contributed by atoms with Crippen LogP contribution in [0.5, 0.6) is 5.75 Å². The number of hydrogen-bond donors (Lipinski definition) is 1. The lowest BCUT2D eigenvalue weighted by Gasteiger charge is -2.37. The maximum atomic E-state index is 14.0. The minimum absolute atomic E-state index is 0. The molecule has 0 radical (unpaired) electrons. The standard InChI is InChI=1S/C22H26FN5O.HI/c1-3-25-22(26-16-18-14-17(15-24)4-9-21(18)23)28-12-10-27(11-13-28)19-5-7-20(29-2)8-6-19;/h4-9,14H,3,10-13,16H2,1-2H3,(H,25,26);1H. The van der Waals surface area contributed by atoms with Gasteiger partial charge in [-0.05, 0) is 49.4 Å². The van der Waals surface area contributed by atoms with Gasteiger partial charge in [0.25, 0.3) is 0 Å². The van der Waals surface area contributed by atoms with Gasteiger partial charge >= 0.3 is 0 Å². The van der Waals surface area contributed by atoms with E-state index in [9.17, 15) is 4.39 Å². The van der Waals surface area contributed by atoms with Crippen LogP contribution in [0, 0.1) is 17.1 Å². The fourth-order valence-electron chi connectivity index (χ4n) is 3.32. The summed E-state index contributed by atoms with van der Waals surface area (Å²) in [5.74, 6) is 1.28. The number of anilines is 1. The molecule has 0 amide bonds. The molecule has 160 valence electrons. The van der Waals surface area contributed by atoms with Crippen LogP contribution >= 0.6 is 24.0 Å². The van der Waals surface area contributed by atoms with Crippen molar-refractivity contribution in [3.8, 4) is 11.8 Å². The SMILES string of the molecule is CCNC(=NCc1cc(C#N)ccc1F)N1CCN(c2ccc(OC)cc2)CC1.I. The number of rotatable bonds is 5. The van der Waals surface area contributed by atoms with Gasteiger partial charge in [0.1, 0.15) is 11.6 Å². The van der Waals surface area contributed by atoms with Gasteiger partial charge in [-0.2, -0.15) is 5.26 Å². The Labute approximate surface area is 194 Å². The highest BCUT2D eigenvalue weighted by Crippen LogP contribution is 2.20. The van der Waals surface area contributed by atoms with Crippen LogP contribution in [0.4, 0.5) is 10.1 Å². The quantitative estimate of drug-likeness (QED) is 0.369. The monoisotopic (exact) mass is 523 g/mol. The lowest BCUT2D eigenvalue weighted by Crippen LogP contribution is -2.52. The number of aliphatic imine (C=N–C) groups is 1. The first-order chi connectivity index (χ1) is 14.1. The van der Waals surface area contributed by atoms with Gasteiger partial charge in [-0.15, -0.1) is 24.0 Å². The second-order valence-electron chi connectivity index (χ2n) is 6.76. The number of hydrogen-bond acceptors (Lipinski definition) is 4. The molecule has 0 unspecified atom stereocenters. The van der Waals surface area contributed by atoms with Crippen LogP contribution in [0.2, 0.25) is 0 Å². The van der Waals surface area contributed by atoms with E-state index >= 15 is 0 Å². The first-order valence-electron chi connectivity index (χ1n) is 9.75. The number of benzene rings is 2. The summed E-state index contributed by atoms with van der Waals surface area (Å²) in [5.41, 5.74) is 2.04. The normalized spacial score (nSPS) is 14.0. The van der Waals surface area contributed by atoms with Gasteiger partial charge in [0, 0.05) is 44.0 Å². The van der Waals surface area contributed by atoms with Gasteiger partial charge in [-0.25, -0.2) is 9.38 Å². The molecule has 0 aliphatic carbocycles. The molecule has 0 saturated carbocycles. The van der Waals surface area contributed by atoms with Crippen LogP contribution in [0.15, 0.2) is 47.5 Å². The molecular weight excluding hydrogens is 496 g/mol. The van der Waals surface area contributed by atoms with Crippen molar-refractivity contribution in [3.05, 3.63) is 59.4 Å². The Kier molecular flexibility index (Phi) is 9.17. The fourth-order valence-corrected chi connectivity index (χ4v) is 3.32. The molecule has 0 bridgehead atoms. The van der Waals surface area contributed by atoms with E-state index in [4.69, 9.17) is 10.00 Å². The predicted octanol–water partition coefficient (Wildman–Crippen LogP) is 3.61. The first-order valence-corrected chi connectivity index (χ1v) is 9.75. The summed E-state index contributed by atoms with van der Waals surface area (Å²) in [4.78, 5) is 9.13. The van der Waals surface area contributed by atoms with Crippen LogP contribution in [0.1, 0.15) is 18.1 Å². The van der Waals surface area contributed by atoms with Gasteiger partial charge in [0.15, 0.2) is 5.96 Å². The summed E-state index contributed by atoms with van der Waals surface area (Å²) in [7, 11) is 1.66. The largest absolute Gasteiger partial charge is 0.497 e. The van der Waals surface area contributed by atoms with Crippen molar-refractivity contribution in [1.82, 2.24) is 10.2 Å². The molecule has 0 atom stereocenters. The maximum Gasteiger partial charge on any atom is 0.194 e. The van der Waals surface area contributed by atoms with Crippen molar-refractivity contribution in [2.45, 2.75) is 13.5 Å². The molecule has 2 aromatic carbocycles. The zero-order chi connectivity index (χ0) is 20.6. The average Bonchev–Trinajstić information content (AvgIpc) is 2.78. The number of halogens is 2. The summed E-state index contributed by atoms with van der Waals surface area (Å²) >= 11 is 0. The molecule has 6 nitrogen and oxygen atoms in total. The molecule has 2 aromatic rings. The molecule has 1 N–H and O–H groups in total. The summed E-state index contributed by atoms with van der Waals surface area (Å²) < 4.78 is 19.3. The zero-order valence-electron chi connectivity index (χ0n) is 17.3. The van der Waals surface area contributed by atoms with E-state index in [1.165, 1.54) is 17.8 Å². The molecule has 1 aliphatic rings. The van der Waals surface area contributed by atoms with Crippen molar-refractivity contribution < 1.29 is 9.13 Å². The number of guanidine groups is 1. The van der Waals surface area contributed by atoms with E-state index in [1.807, 2.05) is 25.1 Å². The summed E-state index contributed by atoms with van der Waals surface area (Å²) in [6.45, 7) is 6.32. The van der Waals surface area contributed by atoms with Crippen molar-refractivity contribution in [2.75, 3.05) is 44.7 Å². The molecule has 1 fully saturated rings. The van der Waals surface area contributed by atoms with Crippen LogP contribution in [0.25, 0.3) is 0 Å². The Morgan fingerprint density at radius 3 is 2.47 bits per heavy atom.